The molecule has 1 aliphatic heterocycles. The number of ether oxygens (including phenoxy) is 4. The monoisotopic (exact) mass is 354 g/mol. The zero-order valence-corrected chi connectivity index (χ0v) is 14.1. The maximum atomic E-state index is 14.8. The lowest BCUT2D eigenvalue weighted by atomic mass is 9.98. The van der Waals surface area contributed by atoms with Gasteiger partial charge in [-0.05, 0) is 19.1 Å². The van der Waals surface area contributed by atoms with Gasteiger partial charge in [-0.25, -0.2) is 9.18 Å². The number of rotatable bonds is 5. The van der Waals surface area contributed by atoms with Gasteiger partial charge in [0.2, 0.25) is 11.9 Å². The summed E-state index contributed by atoms with van der Waals surface area (Å²) in [7, 11) is 0. The highest BCUT2D eigenvalue weighted by Gasteiger charge is 2.59. The van der Waals surface area contributed by atoms with E-state index in [9.17, 15) is 18.8 Å². The number of hydrogen-bond donors (Lipinski definition) is 0. The Hall–Kier alpha value is -2.48. The Morgan fingerprint density at radius 1 is 1.16 bits per heavy atom. The largest absolute Gasteiger partial charge is 0.459 e. The van der Waals surface area contributed by atoms with Crippen molar-refractivity contribution in [2.24, 2.45) is 0 Å². The second-order valence-corrected chi connectivity index (χ2v) is 5.76. The van der Waals surface area contributed by atoms with Gasteiger partial charge in [0, 0.05) is 13.8 Å². The van der Waals surface area contributed by atoms with Crippen molar-refractivity contribution in [2.45, 2.75) is 44.9 Å². The topological polar surface area (TPSA) is 88.1 Å². The molecule has 1 aromatic carbocycles. The van der Waals surface area contributed by atoms with Crippen molar-refractivity contribution in [1.29, 1.82) is 0 Å². The van der Waals surface area contributed by atoms with E-state index in [-0.39, 0.29) is 0 Å². The van der Waals surface area contributed by atoms with Crippen molar-refractivity contribution in [1.82, 2.24) is 0 Å². The zero-order chi connectivity index (χ0) is 18.6. The summed E-state index contributed by atoms with van der Waals surface area (Å²) in [6.07, 6.45) is -4.55. The van der Waals surface area contributed by atoms with Gasteiger partial charge in [0.25, 0.3) is 0 Å². The van der Waals surface area contributed by atoms with Gasteiger partial charge in [0.1, 0.15) is 12.7 Å². The summed E-state index contributed by atoms with van der Waals surface area (Å²) in [5, 5.41) is 0. The summed E-state index contributed by atoms with van der Waals surface area (Å²) < 4.78 is 35.0. The smallest absolute Gasteiger partial charge is 0.338 e. The fourth-order valence-corrected chi connectivity index (χ4v) is 2.51. The van der Waals surface area contributed by atoms with Gasteiger partial charge >= 0.3 is 17.9 Å². The van der Waals surface area contributed by atoms with Crippen molar-refractivity contribution in [3.63, 3.8) is 0 Å². The van der Waals surface area contributed by atoms with E-state index in [1.54, 1.807) is 30.3 Å². The van der Waals surface area contributed by atoms with Gasteiger partial charge in [-0.3, -0.25) is 9.59 Å². The molecule has 1 heterocycles. The molecule has 2 rings (SSSR count). The number of hydrogen-bond acceptors (Lipinski definition) is 7. The molecule has 136 valence electrons. The third kappa shape index (κ3) is 4.33. The van der Waals surface area contributed by atoms with Crippen LogP contribution in [0.1, 0.15) is 31.1 Å². The highest BCUT2D eigenvalue weighted by molar-refractivity contribution is 5.89. The third-order valence-corrected chi connectivity index (χ3v) is 3.67. The molecule has 0 N–H and O–H groups in total. The van der Waals surface area contributed by atoms with Crippen LogP contribution in [0.15, 0.2) is 30.3 Å². The van der Waals surface area contributed by atoms with E-state index in [0.29, 0.717) is 5.56 Å². The molecular weight excluding hydrogens is 335 g/mol. The zero-order valence-electron chi connectivity index (χ0n) is 14.1. The van der Waals surface area contributed by atoms with Crippen LogP contribution in [0.2, 0.25) is 0 Å². The highest BCUT2D eigenvalue weighted by atomic mass is 19.1. The number of halogens is 1. The molecule has 0 spiro atoms. The Morgan fingerprint density at radius 2 is 1.80 bits per heavy atom. The van der Waals surface area contributed by atoms with E-state index in [4.69, 9.17) is 18.9 Å². The van der Waals surface area contributed by atoms with E-state index in [2.05, 4.69) is 0 Å². The number of carbonyl (C=O) groups is 3. The van der Waals surface area contributed by atoms with Crippen molar-refractivity contribution in [3.8, 4) is 0 Å². The summed E-state index contributed by atoms with van der Waals surface area (Å²) >= 11 is 0. The van der Waals surface area contributed by atoms with Crippen LogP contribution in [-0.4, -0.2) is 48.7 Å². The van der Waals surface area contributed by atoms with E-state index >= 15 is 0 Å². The molecule has 1 aromatic rings. The van der Waals surface area contributed by atoms with Crippen LogP contribution >= 0.6 is 0 Å². The second-order valence-electron chi connectivity index (χ2n) is 5.76. The van der Waals surface area contributed by atoms with E-state index < -0.39 is 48.7 Å². The van der Waals surface area contributed by atoms with Crippen molar-refractivity contribution in [3.05, 3.63) is 35.9 Å². The molecule has 0 aliphatic carbocycles. The lowest BCUT2D eigenvalue weighted by molar-refractivity contribution is -0.216. The minimum absolute atomic E-state index is 0.301. The fraction of sp³-hybridized carbons (Fsp3) is 0.471. The third-order valence-electron chi connectivity index (χ3n) is 3.67. The molecule has 7 nitrogen and oxygen atoms in total. The average molecular weight is 354 g/mol. The van der Waals surface area contributed by atoms with Gasteiger partial charge in [-0.1, -0.05) is 18.2 Å². The normalized spacial score (nSPS) is 28.2. The van der Waals surface area contributed by atoms with Gasteiger partial charge in [0.05, 0.1) is 5.56 Å². The Labute approximate surface area is 144 Å². The Morgan fingerprint density at radius 3 is 2.36 bits per heavy atom. The van der Waals surface area contributed by atoms with E-state index in [1.807, 2.05) is 0 Å². The van der Waals surface area contributed by atoms with Crippen LogP contribution in [0.25, 0.3) is 0 Å². The van der Waals surface area contributed by atoms with Crippen LogP contribution in [0.5, 0.6) is 0 Å². The Bertz CT molecular complexity index is 648. The van der Waals surface area contributed by atoms with Crippen LogP contribution in [0, 0.1) is 0 Å². The predicted octanol–water partition coefficient (Wildman–Crippen LogP) is 1.79. The number of benzene rings is 1. The SMILES string of the molecule is CC(=O)OC1O[C@H](COC(=O)c2ccccc2)C(F)C1(C)OC(C)=O. The van der Waals surface area contributed by atoms with Gasteiger partial charge in [0.15, 0.2) is 6.17 Å². The van der Waals surface area contributed by atoms with Crippen LogP contribution in [0.4, 0.5) is 4.39 Å². The van der Waals surface area contributed by atoms with E-state index in [1.165, 1.54) is 6.92 Å². The van der Waals surface area contributed by atoms with Gasteiger partial charge in [-0.2, -0.15) is 0 Å². The lowest BCUT2D eigenvalue weighted by Gasteiger charge is -2.29. The summed E-state index contributed by atoms with van der Waals surface area (Å²) in [6.45, 7) is 3.05. The minimum atomic E-state index is -1.86. The molecule has 0 radical (unpaired) electrons. The highest BCUT2D eigenvalue weighted by Crippen LogP contribution is 2.37. The predicted molar refractivity (Wildman–Crippen MR) is 82.2 cm³/mol. The quantitative estimate of drug-likeness (QED) is 0.588. The number of esters is 3. The molecule has 4 atom stereocenters. The standard InChI is InChI=1S/C17H19FO7/c1-10(19)23-16-17(3,25-11(2)20)14(18)13(24-16)9-22-15(21)12-7-5-4-6-8-12/h4-8,13-14,16H,9H2,1-3H3/t13-,14?,16?,17?/m1/s1. The maximum Gasteiger partial charge on any atom is 0.338 e. The van der Waals surface area contributed by atoms with E-state index in [0.717, 1.165) is 13.8 Å². The molecular formula is C17H19FO7. The molecule has 0 saturated carbocycles. The van der Waals surface area contributed by atoms with Crippen molar-refractivity contribution >= 4 is 17.9 Å². The van der Waals surface area contributed by atoms with Crippen molar-refractivity contribution in [2.75, 3.05) is 6.61 Å². The Balaban J connectivity index is 2.07. The van der Waals surface area contributed by atoms with Crippen LogP contribution in [-0.2, 0) is 28.5 Å². The maximum absolute atomic E-state index is 14.8. The molecule has 0 amide bonds. The molecule has 0 aromatic heterocycles. The molecule has 0 bridgehead atoms. The molecule has 25 heavy (non-hydrogen) atoms. The van der Waals surface area contributed by atoms with Gasteiger partial charge in [-0.15, -0.1) is 0 Å². The van der Waals surface area contributed by atoms with Crippen molar-refractivity contribution < 1.29 is 37.7 Å². The first kappa shape index (κ1) is 18.9. The number of carbonyl (C=O) groups excluding carboxylic acids is 3. The van der Waals surface area contributed by atoms with Crippen LogP contribution < -0.4 is 0 Å². The molecule has 8 heteroatoms. The van der Waals surface area contributed by atoms with Gasteiger partial charge < -0.3 is 18.9 Å². The summed E-state index contributed by atoms with van der Waals surface area (Å²) in [6, 6.07) is 8.16. The summed E-state index contributed by atoms with van der Waals surface area (Å²) in [5.74, 6) is -2.13. The second kappa shape index (κ2) is 7.60. The Kier molecular flexibility index (Phi) is 5.73. The average Bonchev–Trinajstić information content (AvgIpc) is 2.77. The minimum Gasteiger partial charge on any atom is -0.459 e. The van der Waals surface area contributed by atoms with Crippen LogP contribution in [0.3, 0.4) is 0 Å². The first-order chi connectivity index (χ1) is 11.7. The molecule has 1 fully saturated rings. The lowest BCUT2D eigenvalue weighted by Crippen LogP contribution is -2.48. The first-order valence-electron chi connectivity index (χ1n) is 7.62. The fourth-order valence-electron chi connectivity index (χ4n) is 2.51. The first-order valence-corrected chi connectivity index (χ1v) is 7.62. The molecule has 3 unspecified atom stereocenters. The molecule has 1 saturated heterocycles. The number of alkyl halides is 1. The summed E-state index contributed by atoms with van der Waals surface area (Å²) in [4.78, 5) is 34.4. The molecule has 1 aliphatic rings. The summed E-state index contributed by atoms with van der Waals surface area (Å²) in [5.41, 5.74) is -1.53.